The number of hydrogen-bond donors (Lipinski definition) is 1. The topological polar surface area (TPSA) is 15.3 Å². The summed E-state index contributed by atoms with van der Waals surface area (Å²) in [4.78, 5) is 2.43. The van der Waals surface area contributed by atoms with Gasteiger partial charge < -0.3 is 10.2 Å². The minimum absolute atomic E-state index is 0.156. The lowest BCUT2D eigenvalue weighted by Crippen LogP contribution is -2.46. The fourth-order valence-corrected chi connectivity index (χ4v) is 2.66. The Morgan fingerprint density at radius 2 is 2.27 bits per heavy atom. The van der Waals surface area contributed by atoms with Gasteiger partial charge in [-0.1, -0.05) is 0 Å². The van der Waals surface area contributed by atoms with Crippen LogP contribution in [0.5, 0.6) is 0 Å². The first kappa shape index (κ1) is 9.01. The lowest BCUT2D eigenvalue weighted by Gasteiger charge is -2.42. The van der Waals surface area contributed by atoms with Gasteiger partial charge in [0, 0.05) is 19.1 Å². The molecular formula is C12H15FN2. The molecule has 3 rings (SSSR count). The molecule has 0 bridgehead atoms. The fraction of sp³-hybridized carbons (Fsp3) is 0.500. The Hall–Kier alpha value is -1.25. The molecule has 1 saturated heterocycles. The monoisotopic (exact) mass is 206 g/mol. The molecule has 0 amide bonds. The Morgan fingerprint density at radius 3 is 3.20 bits per heavy atom. The van der Waals surface area contributed by atoms with Gasteiger partial charge in [-0.2, -0.15) is 0 Å². The second-order valence-corrected chi connectivity index (χ2v) is 4.39. The molecular weight excluding hydrogens is 191 g/mol. The summed E-state index contributed by atoms with van der Waals surface area (Å²) in [6.45, 7) is 2.07. The summed E-state index contributed by atoms with van der Waals surface area (Å²) in [5.74, 6) is -0.156. The van der Waals surface area contributed by atoms with E-state index in [1.165, 1.54) is 24.9 Å². The van der Waals surface area contributed by atoms with Crippen LogP contribution in [0, 0.1) is 5.82 Å². The highest BCUT2D eigenvalue weighted by molar-refractivity contribution is 5.73. The van der Waals surface area contributed by atoms with Gasteiger partial charge in [0.25, 0.3) is 0 Å². The lowest BCUT2D eigenvalue weighted by atomic mass is 9.98. The van der Waals surface area contributed by atoms with Crippen LogP contribution in [-0.2, 0) is 0 Å². The molecule has 1 aromatic rings. The fourth-order valence-electron chi connectivity index (χ4n) is 2.66. The van der Waals surface area contributed by atoms with Crippen molar-refractivity contribution in [2.24, 2.45) is 0 Å². The van der Waals surface area contributed by atoms with Crippen LogP contribution >= 0.6 is 0 Å². The number of rotatable bonds is 0. The molecule has 0 radical (unpaired) electrons. The van der Waals surface area contributed by atoms with E-state index < -0.39 is 0 Å². The standard InChI is InChI=1S/C12H15FN2/c13-9-4-5-12-11(7-9)14-8-10-3-1-2-6-15(10)12/h4-5,7,10,14H,1-3,6,8H2. The van der Waals surface area contributed by atoms with Crippen LogP contribution in [0.15, 0.2) is 18.2 Å². The minimum atomic E-state index is -0.156. The van der Waals surface area contributed by atoms with Gasteiger partial charge >= 0.3 is 0 Å². The molecule has 2 aliphatic heterocycles. The SMILES string of the molecule is Fc1ccc2c(c1)NCC1CCCCN21. The Labute approximate surface area is 89.1 Å². The molecule has 1 atom stereocenters. The quantitative estimate of drug-likeness (QED) is 0.702. The number of hydrogen-bond acceptors (Lipinski definition) is 2. The van der Waals surface area contributed by atoms with Crippen molar-refractivity contribution in [3.05, 3.63) is 24.0 Å². The van der Waals surface area contributed by atoms with E-state index in [1.807, 2.05) is 6.07 Å². The second kappa shape index (κ2) is 3.40. The number of halogens is 1. The van der Waals surface area contributed by atoms with Crippen LogP contribution in [0.2, 0.25) is 0 Å². The summed E-state index contributed by atoms with van der Waals surface area (Å²) < 4.78 is 13.1. The van der Waals surface area contributed by atoms with Crippen molar-refractivity contribution >= 4 is 11.4 Å². The average molecular weight is 206 g/mol. The summed E-state index contributed by atoms with van der Waals surface area (Å²) in [5, 5.41) is 3.32. The zero-order valence-corrected chi connectivity index (χ0v) is 8.67. The van der Waals surface area contributed by atoms with Crippen LogP contribution in [-0.4, -0.2) is 19.1 Å². The normalized spacial score (nSPS) is 24.1. The molecule has 15 heavy (non-hydrogen) atoms. The van der Waals surface area contributed by atoms with Gasteiger partial charge in [0.15, 0.2) is 0 Å². The first-order valence-electron chi connectivity index (χ1n) is 5.65. The molecule has 0 saturated carbocycles. The zero-order valence-electron chi connectivity index (χ0n) is 8.67. The predicted octanol–water partition coefficient (Wildman–Crippen LogP) is 2.61. The van der Waals surface area contributed by atoms with Crippen molar-refractivity contribution in [2.75, 3.05) is 23.3 Å². The average Bonchev–Trinajstić information content (AvgIpc) is 2.28. The van der Waals surface area contributed by atoms with Gasteiger partial charge in [0.05, 0.1) is 11.4 Å². The zero-order chi connectivity index (χ0) is 10.3. The van der Waals surface area contributed by atoms with Crippen molar-refractivity contribution < 1.29 is 4.39 Å². The van der Waals surface area contributed by atoms with Gasteiger partial charge in [0.2, 0.25) is 0 Å². The predicted molar refractivity (Wildman–Crippen MR) is 59.9 cm³/mol. The summed E-state index contributed by atoms with van der Waals surface area (Å²) in [5.41, 5.74) is 2.13. The van der Waals surface area contributed by atoms with Crippen molar-refractivity contribution in [3.8, 4) is 0 Å². The van der Waals surface area contributed by atoms with E-state index in [9.17, 15) is 4.39 Å². The number of fused-ring (bicyclic) bond motifs is 3. The maximum Gasteiger partial charge on any atom is 0.125 e. The van der Waals surface area contributed by atoms with Crippen molar-refractivity contribution in [2.45, 2.75) is 25.3 Å². The molecule has 1 unspecified atom stereocenters. The van der Waals surface area contributed by atoms with Crippen molar-refractivity contribution in [3.63, 3.8) is 0 Å². The third-order valence-electron chi connectivity index (χ3n) is 3.42. The summed E-state index contributed by atoms with van der Waals surface area (Å²) in [7, 11) is 0. The van der Waals surface area contributed by atoms with E-state index in [4.69, 9.17) is 0 Å². The Kier molecular flexibility index (Phi) is 2.04. The molecule has 1 fully saturated rings. The van der Waals surface area contributed by atoms with E-state index >= 15 is 0 Å². The number of benzene rings is 1. The Bertz CT molecular complexity index is 378. The molecule has 0 aromatic heterocycles. The molecule has 0 spiro atoms. The van der Waals surface area contributed by atoms with E-state index in [1.54, 1.807) is 12.1 Å². The van der Waals surface area contributed by atoms with Crippen molar-refractivity contribution in [1.82, 2.24) is 0 Å². The summed E-state index contributed by atoms with van der Waals surface area (Å²) in [6, 6.07) is 5.66. The van der Waals surface area contributed by atoms with Gasteiger partial charge in [0.1, 0.15) is 5.82 Å². The van der Waals surface area contributed by atoms with Crippen LogP contribution in [0.4, 0.5) is 15.8 Å². The molecule has 2 nitrogen and oxygen atoms in total. The van der Waals surface area contributed by atoms with Crippen LogP contribution in [0.1, 0.15) is 19.3 Å². The highest BCUT2D eigenvalue weighted by Crippen LogP contribution is 2.35. The van der Waals surface area contributed by atoms with Crippen LogP contribution in [0.3, 0.4) is 0 Å². The van der Waals surface area contributed by atoms with Gasteiger partial charge in [-0.25, -0.2) is 4.39 Å². The maximum absolute atomic E-state index is 13.1. The van der Waals surface area contributed by atoms with Gasteiger partial charge in [-0.05, 0) is 37.5 Å². The van der Waals surface area contributed by atoms with Crippen molar-refractivity contribution in [1.29, 1.82) is 0 Å². The van der Waals surface area contributed by atoms with Gasteiger partial charge in [-0.15, -0.1) is 0 Å². The first-order chi connectivity index (χ1) is 7.34. The number of nitrogens with zero attached hydrogens (tertiary/aromatic N) is 1. The highest BCUT2D eigenvalue weighted by Gasteiger charge is 2.28. The van der Waals surface area contributed by atoms with E-state index in [0.29, 0.717) is 6.04 Å². The highest BCUT2D eigenvalue weighted by atomic mass is 19.1. The molecule has 1 aromatic carbocycles. The molecule has 1 N–H and O–H groups in total. The van der Waals surface area contributed by atoms with Gasteiger partial charge in [-0.3, -0.25) is 0 Å². The summed E-state index contributed by atoms with van der Waals surface area (Å²) >= 11 is 0. The third kappa shape index (κ3) is 1.46. The number of piperidine rings is 1. The molecule has 3 heteroatoms. The van der Waals surface area contributed by atoms with E-state index in [-0.39, 0.29) is 5.82 Å². The smallest absolute Gasteiger partial charge is 0.125 e. The number of nitrogens with one attached hydrogen (secondary N) is 1. The minimum Gasteiger partial charge on any atom is -0.381 e. The summed E-state index contributed by atoms with van der Waals surface area (Å²) in [6.07, 6.45) is 3.83. The van der Waals surface area contributed by atoms with Crippen LogP contribution < -0.4 is 10.2 Å². The van der Waals surface area contributed by atoms with Crippen LogP contribution in [0.25, 0.3) is 0 Å². The second-order valence-electron chi connectivity index (χ2n) is 4.39. The number of anilines is 2. The Morgan fingerprint density at radius 1 is 1.33 bits per heavy atom. The van der Waals surface area contributed by atoms with E-state index in [2.05, 4.69) is 10.2 Å². The maximum atomic E-state index is 13.1. The molecule has 0 aliphatic carbocycles. The lowest BCUT2D eigenvalue weighted by molar-refractivity contribution is 0.465. The Balaban J connectivity index is 1.99. The first-order valence-corrected chi connectivity index (χ1v) is 5.65. The molecule has 2 aliphatic rings. The molecule has 2 heterocycles. The third-order valence-corrected chi connectivity index (χ3v) is 3.42. The molecule has 80 valence electrons. The van der Waals surface area contributed by atoms with E-state index in [0.717, 1.165) is 18.8 Å². The largest absolute Gasteiger partial charge is 0.381 e.